The molecule has 2 aliphatic heterocycles. The molecule has 0 aliphatic carbocycles. The monoisotopic (exact) mass is 196 g/mol. The molecule has 2 fully saturated rings. The first-order valence-electron chi connectivity index (χ1n) is 5.74. The van der Waals surface area contributed by atoms with Crippen LogP contribution in [0.15, 0.2) is 0 Å². The number of hydrogen-bond donors (Lipinski definition) is 1. The highest BCUT2D eigenvalue weighted by Crippen LogP contribution is 2.24. The number of amides is 1. The van der Waals surface area contributed by atoms with E-state index in [4.69, 9.17) is 0 Å². The molecule has 3 nitrogen and oxygen atoms in total. The fourth-order valence-electron chi connectivity index (χ4n) is 2.67. The predicted octanol–water partition coefficient (Wildman–Crippen LogP) is 0.995. The standard InChI is InChI=1S/C11H20N2O/c1-8-4-3-7-13(8)11(14)10-5-6-12-9(10)2/h8-10,12H,3-7H2,1-2H3. The summed E-state index contributed by atoms with van der Waals surface area (Å²) in [6.45, 7) is 6.26. The zero-order valence-corrected chi connectivity index (χ0v) is 9.12. The van der Waals surface area contributed by atoms with Crippen LogP contribution in [0.1, 0.15) is 33.1 Å². The molecule has 0 bridgehead atoms. The second-order valence-electron chi connectivity index (χ2n) is 4.66. The number of nitrogens with zero attached hydrogens (tertiary/aromatic N) is 1. The number of hydrogen-bond acceptors (Lipinski definition) is 2. The molecule has 14 heavy (non-hydrogen) atoms. The van der Waals surface area contributed by atoms with Crippen molar-refractivity contribution in [2.45, 2.75) is 45.2 Å². The number of carbonyl (C=O) groups is 1. The fourth-order valence-corrected chi connectivity index (χ4v) is 2.67. The van der Waals surface area contributed by atoms with Gasteiger partial charge in [-0.3, -0.25) is 4.79 Å². The summed E-state index contributed by atoms with van der Waals surface area (Å²) in [6.07, 6.45) is 3.38. The Labute approximate surface area is 85.8 Å². The molecule has 0 spiro atoms. The third kappa shape index (κ3) is 1.65. The molecule has 1 N–H and O–H groups in total. The maximum Gasteiger partial charge on any atom is 0.227 e. The van der Waals surface area contributed by atoms with Crippen molar-refractivity contribution in [1.82, 2.24) is 10.2 Å². The van der Waals surface area contributed by atoms with Gasteiger partial charge < -0.3 is 10.2 Å². The molecule has 0 aromatic rings. The summed E-state index contributed by atoms with van der Waals surface area (Å²) >= 11 is 0. The van der Waals surface area contributed by atoms with Crippen LogP contribution in [0, 0.1) is 5.92 Å². The Morgan fingerprint density at radius 2 is 2.14 bits per heavy atom. The maximum absolute atomic E-state index is 12.2. The van der Waals surface area contributed by atoms with Crippen molar-refractivity contribution in [1.29, 1.82) is 0 Å². The predicted molar refractivity (Wildman–Crippen MR) is 56.0 cm³/mol. The number of carbonyl (C=O) groups excluding carboxylic acids is 1. The van der Waals surface area contributed by atoms with Crippen molar-refractivity contribution < 1.29 is 4.79 Å². The Hall–Kier alpha value is -0.570. The van der Waals surface area contributed by atoms with Crippen LogP contribution >= 0.6 is 0 Å². The van der Waals surface area contributed by atoms with Gasteiger partial charge in [-0.2, -0.15) is 0 Å². The minimum Gasteiger partial charge on any atom is -0.340 e. The van der Waals surface area contributed by atoms with Crippen molar-refractivity contribution in [3.05, 3.63) is 0 Å². The number of rotatable bonds is 1. The van der Waals surface area contributed by atoms with E-state index in [0.29, 0.717) is 18.0 Å². The van der Waals surface area contributed by atoms with Crippen LogP contribution in [-0.2, 0) is 4.79 Å². The molecule has 2 aliphatic rings. The van der Waals surface area contributed by atoms with Crippen LogP contribution in [0.5, 0.6) is 0 Å². The summed E-state index contributed by atoms with van der Waals surface area (Å²) < 4.78 is 0. The lowest BCUT2D eigenvalue weighted by atomic mass is 10.00. The molecule has 3 unspecified atom stereocenters. The first-order chi connectivity index (χ1) is 6.70. The van der Waals surface area contributed by atoms with Crippen molar-refractivity contribution in [3.8, 4) is 0 Å². The van der Waals surface area contributed by atoms with E-state index in [1.165, 1.54) is 12.8 Å². The van der Waals surface area contributed by atoms with Crippen molar-refractivity contribution in [2.24, 2.45) is 5.92 Å². The van der Waals surface area contributed by atoms with Gasteiger partial charge in [0, 0.05) is 18.6 Å². The molecule has 0 radical (unpaired) electrons. The van der Waals surface area contributed by atoms with Crippen LogP contribution in [-0.4, -0.2) is 36.0 Å². The SMILES string of the molecule is CC1NCCC1C(=O)N1CCCC1C. The molecule has 2 rings (SSSR count). The topological polar surface area (TPSA) is 32.3 Å². The minimum absolute atomic E-state index is 0.232. The molecular weight excluding hydrogens is 176 g/mol. The maximum atomic E-state index is 12.2. The Bertz CT molecular complexity index is 207. The average molecular weight is 196 g/mol. The lowest BCUT2D eigenvalue weighted by Gasteiger charge is -2.26. The zero-order valence-electron chi connectivity index (χ0n) is 9.12. The summed E-state index contributed by atoms with van der Waals surface area (Å²) in [5.41, 5.74) is 0. The van der Waals surface area contributed by atoms with E-state index < -0.39 is 0 Å². The van der Waals surface area contributed by atoms with E-state index in [1.54, 1.807) is 0 Å². The second kappa shape index (κ2) is 3.89. The van der Waals surface area contributed by atoms with Crippen molar-refractivity contribution in [2.75, 3.05) is 13.1 Å². The Morgan fingerprint density at radius 1 is 1.36 bits per heavy atom. The van der Waals surface area contributed by atoms with Crippen LogP contribution in [0.4, 0.5) is 0 Å². The van der Waals surface area contributed by atoms with Gasteiger partial charge in [-0.05, 0) is 39.7 Å². The minimum atomic E-state index is 0.232. The van der Waals surface area contributed by atoms with Gasteiger partial charge in [-0.1, -0.05) is 0 Å². The van der Waals surface area contributed by atoms with Crippen LogP contribution in [0.25, 0.3) is 0 Å². The smallest absolute Gasteiger partial charge is 0.227 e. The Kier molecular flexibility index (Phi) is 2.77. The van der Waals surface area contributed by atoms with Gasteiger partial charge in [0.15, 0.2) is 0 Å². The first kappa shape index (κ1) is 9.97. The molecule has 1 amide bonds. The van der Waals surface area contributed by atoms with Crippen molar-refractivity contribution >= 4 is 5.91 Å². The van der Waals surface area contributed by atoms with Gasteiger partial charge in [0.1, 0.15) is 0 Å². The van der Waals surface area contributed by atoms with E-state index in [0.717, 1.165) is 19.5 Å². The molecule has 0 saturated carbocycles. The Morgan fingerprint density at radius 3 is 2.64 bits per heavy atom. The molecule has 0 aromatic carbocycles. The summed E-state index contributed by atoms with van der Waals surface area (Å²) in [6, 6.07) is 0.839. The molecule has 2 saturated heterocycles. The van der Waals surface area contributed by atoms with Gasteiger partial charge in [0.2, 0.25) is 5.91 Å². The molecule has 0 aromatic heterocycles. The summed E-state index contributed by atoms with van der Waals surface area (Å²) in [5, 5.41) is 3.34. The van der Waals surface area contributed by atoms with Crippen LogP contribution in [0.3, 0.4) is 0 Å². The zero-order chi connectivity index (χ0) is 10.1. The second-order valence-corrected chi connectivity index (χ2v) is 4.66. The summed E-state index contributed by atoms with van der Waals surface area (Å²) in [7, 11) is 0. The lowest BCUT2D eigenvalue weighted by Crippen LogP contribution is -2.41. The van der Waals surface area contributed by atoms with E-state index in [1.807, 2.05) is 0 Å². The van der Waals surface area contributed by atoms with Gasteiger partial charge in [0.25, 0.3) is 0 Å². The van der Waals surface area contributed by atoms with E-state index in [9.17, 15) is 4.79 Å². The quantitative estimate of drug-likeness (QED) is 0.678. The number of likely N-dealkylation sites (tertiary alicyclic amines) is 1. The van der Waals surface area contributed by atoms with Crippen LogP contribution < -0.4 is 5.32 Å². The summed E-state index contributed by atoms with van der Waals surface area (Å²) in [4.78, 5) is 14.2. The molecule has 3 atom stereocenters. The molecular formula is C11H20N2O. The van der Waals surface area contributed by atoms with E-state index in [2.05, 4.69) is 24.1 Å². The molecule has 3 heteroatoms. The third-order valence-corrected chi connectivity index (χ3v) is 3.68. The van der Waals surface area contributed by atoms with Gasteiger partial charge in [-0.15, -0.1) is 0 Å². The average Bonchev–Trinajstić information content (AvgIpc) is 2.73. The van der Waals surface area contributed by atoms with Crippen LogP contribution in [0.2, 0.25) is 0 Å². The number of nitrogens with one attached hydrogen (secondary N) is 1. The fraction of sp³-hybridized carbons (Fsp3) is 0.909. The van der Waals surface area contributed by atoms with Gasteiger partial charge in [-0.25, -0.2) is 0 Å². The molecule has 2 heterocycles. The highest BCUT2D eigenvalue weighted by molar-refractivity contribution is 5.80. The Balaban J connectivity index is 2.00. The van der Waals surface area contributed by atoms with Gasteiger partial charge in [0.05, 0.1) is 5.92 Å². The normalized spacial score (nSPS) is 37.9. The largest absolute Gasteiger partial charge is 0.340 e. The third-order valence-electron chi connectivity index (χ3n) is 3.68. The van der Waals surface area contributed by atoms with Gasteiger partial charge >= 0.3 is 0 Å². The highest BCUT2D eigenvalue weighted by Gasteiger charge is 2.35. The molecule has 80 valence electrons. The first-order valence-corrected chi connectivity index (χ1v) is 5.74. The highest BCUT2D eigenvalue weighted by atomic mass is 16.2. The van der Waals surface area contributed by atoms with E-state index in [-0.39, 0.29) is 5.92 Å². The van der Waals surface area contributed by atoms with E-state index >= 15 is 0 Å². The summed E-state index contributed by atoms with van der Waals surface area (Å²) in [5.74, 6) is 0.614. The lowest BCUT2D eigenvalue weighted by molar-refractivity contribution is -0.136. The van der Waals surface area contributed by atoms with Crippen molar-refractivity contribution in [3.63, 3.8) is 0 Å².